The van der Waals surface area contributed by atoms with Gasteiger partial charge in [0, 0.05) is 36.4 Å². The van der Waals surface area contributed by atoms with Crippen molar-refractivity contribution in [1.82, 2.24) is 15.6 Å². The fourth-order valence-corrected chi connectivity index (χ4v) is 3.92. The Morgan fingerprint density at radius 2 is 2.07 bits per heavy atom. The second kappa shape index (κ2) is 11.3. The molecular formula is C22H33IN4O2S. The molecule has 0 aliphatic carbocycles. The van der Waals surface area contributed by atoms with Crippen LogP contribution in [0.3, 0.4) is 0 Å². The molecule has 3 rings (SSSR count). The zero-order valence-electron chi connectivity index (χ0n) is 18.4. The highest BCUT2D eigenvalue weighted by atomic mass is 127. The number of hydrogen-bond acceptors (Lipinski definition) is 5. The second-order valence-electron chi connectivity index (χ2n) is 8.39. The lowest BCUT2D eigenvalue weighted by Crippen LogP contribution is -2.36. The molecule has 1 aromatic heterocycles. The van der Waals surface area contributed by atoms with Gasteiger partial charge in [-0.3, -0.25) is 4.99 Å². The molecule has 6 nitrogen and oxygen atoms in total. The van der Waals surface area contributed by atoms with Gasteiger partial charge in [0.25, 0.3) is 0 Å². The number of aromatic nitrogens is 1. The summed E-state index contributed by atoms with van der Waals surface area (Å²) < 4.78 is 11.6. The van der Waals surface area contributed by atoms with Gasteiger partial charge in [-0.15, -0.1) is 35.3 Å². The van der Waals surface area contributed by atoms with Gasteiger partial charge < -0.3 is 20.1 Å². The average Bonchev–Trinajstić information content (AvgIpc) is 3.35. The molecule has 0 amide bonds. The highest BCUT2D eigenvalue weighted by Gasteiger charge is 2.19. The minimum atomic E-state index is 0. The van der Waals surface area contributed by atoms with E-state index in [1.807, 2.05) is 0 Å². The summed E-state index contributed by atoms with van der Waals surface area (Å²) in [6.07, 6.45) is 1.07. The van der Waals surface area contributed by atoms with Gasteiger partial charge in [-0.1, -0.05) is 32.9 Å². The highest BCUT2D eigenvalue weighted by Crippen LogP contribution is 2.26. The normalized spacial score (nSPS) is 16.8. The highest BCUT2D eigenvalue weighted by molar-refractivity contribution is 14.0. The molecule has 1 aromatic carbocycles. The molecule has 0 saturated carbocycles. The fourth-order valence-electron chi connectivity index (χ4n) is 3.01. The van der Waals surface area contributed by atoms with E-state index in [1.54, 1.807) is 18.4 Å². The van der Waals surface area contributed by atoms with Gasteiger partial charge in [-0.2, -0.15) is 0 Å². The number of halogens is 1. The molecule has 1 aliphatic heterocycles. The molecule has 1 saturated heterocycles. The van der Waals surface area contributed by atoms with E-state index >= 15 is 0 Å². The van der Waals surface area contributed by atoms with Crippen molar-refractivity contribution in [3.8, 4) is 5.75 Å². The van der Waals surface area contributed by atoms with Gasteiger partial charge in [0.15, 0.2) is 5.96 Å². The lowest BCUT2D eigenvalue weighted by atomic mass is 9.98. The first kappa shape index (κ1) is 24.9. The molecule has 0 bridgehead atoms. The summed E-state index contributed by atoms with van der Waals surface area (Å²) in [5.41, 5.74) is 3.40. The Labute approximate surface area is 200 Å². The number of nitrogens with zero attached hydrogens (tertiary/aromatic N) is 2. The van der Waals surface area contributed by atoms with E-state index in [4.69, 9.17) is 14.5 Å². The van der Waals surface area contributed by atoms with Crippen molar-refractivity contribution in [2.75, 3.05) is 20.3 Å². The van der Waals surface area contributed by atoms with Crippen molar-refractivity contribution < 1.29 is 9.47 Å². The summed E-state index contributed by atoms with van der Waals surface area (Å²) in [5, 5.41) is 9.98. The molecule has 1 unspecified atom stereocenters. The summed E-state index contributed by atoms with van der Waals surface area (Å²) in [7, 11) is 1.78. The standard InChI is InChI=1S/C22H32N4O2S.HI/c1-15-6-7-16(19(10-15)28-18-8-9-27-13-18)11-24-21(23-5)25-12-17-14-29-20(26-17)22(2,3)4;/h6-7,10,14,18H,8-9,11-13H2,1-5H3,(H2,23,24,25);1H. The Hall–Kier alpha value is -1.39. The van der Waals surface area contributed by atoms with Crippen LogP contribution in [0.5, 0.6) is 5.75 Å². The van der Waals surface area contributed by atoms with Gasteiger partial charge in [-0.05, 0) is 18.6 Å². The molecule has 2 N–H and O–H groups in total. The van der Waals surface area contributed by atoms with Gasteiger partial charge in [0.2, 0.25) is 0 Å². The molecule has 0 spiro atoms. The predicted molar refractivity (Wildman–Crippen MR) is 134 cm³/mol. The van der Waals surface area contributed by atoms with Crippen LogP contribution in [0.4, 0.5) is 0 Å². The van der Waals surface area contributed by atoms with Crippen LogP contribution in [-0.4, -0.2) is 37.3 Å². The van der Waals surface area contributed by atoms with Crippen molar-refractivity contribution in [3.63, 3.8) is 0 Å². The summed E-state index contributed by atoms with van der Waals surface area (Å²) in [4.78, 5) is 9.06. The number of ether oxygens (including phenoxy) is 2. The quantitative estimate of drug-likeness (QED) is 0.321. The first-order chi connectivity index (χ1) is 13.8. The van der Waals surface area contributed by atoms with Crippen molar-refractivity contribution in [1.29, 1.82) is 0 Å². The smallest absolute Gasteiger partial charge is 0.191 e. The Morgan fingerprint density at radius 3 is 2.70 bits per heavy atom. The zero-order valence-corrected chi connectivity index (χ0v) is 21.6. The van der Waals surface area contributed by atoms with E-state index in [0.29, 0.717) is 19.7 Å². The Bertz CT molecular complexity index is 842. The Kier molecular flexibility index (Phi) is 9.36. The van der Waals surface area contributed by atoms with Crippen LogP contribution in [0, 0.1) is 6.92 Å². The van der Waals surface area contributed by atoms with E-state index in [9.17, 15) is 0 Å². The van der Waals surface area contributed by atoms with Crippen LogP contribution >= 0.6 is 35.3 Å². The molecule has 166 valence electrons. The van der Waals surface area contributed by atoms with Crippen molar-refractivity contribution in [2.24, 2.45) is 4.99 Å². The lowest BCUT2D eigenvalue weighted by Gasteiger charge is -2.18. The van der Waals surface area contributed by atoms with Crippen LogP contribution < -0.4 is 15.4 Å². The molecular weight excluding hydrogens is 511 g/mol. The van der Waals surface area contributed by atoms with E-state index in [-0.39, 0.29) is 35.5 Å². The lowest BCUT2D eigenvalue weighted by molar-refractivity contribution is 0.140. The molecule has 8 heteroatoms. The second-order valence-corrected chi connectivity index (χ2v) is 9.25. The first-order valence-electron chi connectivity index (χ1n) is 10.1. The van der Waals surface area contributed by atoms with Crippen molar-refractivity contribution in [2.45, 2.75) is 58.7 Å². The summed E-state index contributed by atoms with van der Waals surface area (Å²) >= 11 is 1.71. The number of thiazole rings is 1. The largest absolute Gasteiger partial charge is 0.488 e. The Morgan fingerprint density at radius 1 is 1.30 bits per heavy atom. The van der Waals surface area contributed by atoms with Crippen LogP contribution in [0.2, 0.25) is 0 Å². The molecule has 1 atom stereocenters. The number of guanidine groups is 1. The molecule has 1 aliphatic rings. The van der Waals surface area contributed by atoms with Crippen molar-refractivity contribution >= 4 is 41.3 Å². The van der Waals surface area contributed by atoms with Gasteiger partial charge >= 0.3 is 0 Å². The van der Waals surface area contributed by atoms with Gasteiger partial charge in [-0.25, -0.2) is 4.98 Å². The minimum absolute atomic E-state index is 0. The predicted octanol–water partition coefficient (Wildman–Crippen LogP) is 4.40. The fraction of sp³-hybridized carbons (Fsp3) is 0.545. The van der Waals surface area contributed by atoms with Crippen LogP contribution in [0.15, 0.2) is 28.6 Å². The van der Waals surface area contributed by atoms with Crippen LogP contribution in [0.25, 0.3) is 0 Å². The summed E-state index contributed by atoms with van der Waals surface area (Å²) in [5.74, 6) is 1.66. The summed E-state index contributed by atoms with van der Waals surface area (Å²) in [6, 6.07) is 6.31. The van der Waals surface area contributed by atoms with Crippen molar-refractivity contribution in [3.05, 3.63) is 45.4 Å². The number of hydrogen-bond donors (Lipinski definition) is 2. The van der Waals surface area contributed by atoms with Gasteiger partial charge in [0.1, 0.15) is 11.9 Å². The number of benzene rings is 1. The first-order valence-corrected chi connectivity index (χ1v) is 11.0. The van der Waals surface area contributed by atoms with Crippen LogP contribution in [0.1, 0.15) is 49.0 Å². The summed E-state index contributed by atoms with van der Waals surface area (Å²) in [6.45, 7) is 11.3. The van der Waals surface area contributed by atoms with E-state index in [2.05, 4.69) is 66.9 Å². The number of rotatable bonds is 6. The Balaban J connectivity index is 0.00000320. The van der Waals surface area contributed by atoms with E-state index in [1.165, 1.54) is 5.56 Å². The van der Waals surface area contributed by atoms with E-state index < -0.39 is 0 Å². The third-order valence-corrected chi connectivity index (χ3v) is 6.02. The maximum Gasteiger partial charge on any atom is 0.191 e. The van der Waals surface area contributed by atoms with Gasteiger partial charge in [0.05, 0.1) is 30.5 Å². The third kappa shape index (κ3) is 7.09. The zero-order chi connectivity index (χ0) is 20.9. The topological polar surface area (TPSA) is 67.8 Å². The number of nitrogens with one attached hydrogen (secondary N) is 2. The van der Waals surface area contributed by atoms with E-state index in [0.717, 1.165) is 41.0 Å². The van der Waals surface area contributed by atoms with Crippen LogP contribution in [-0.2, 0) is 23.2 Å². The minimum Gasteiger partial charge on any atom is -0.488 e. The number of aliphatic imine (C=N–C) groups is 1. The maximum atomic E-state index is 6.18. The SMILES string of the molecule is CN=C(NCc1csc(C(C)(C)C)n1)NCc1ccc(C)cc1OC1CCOC1.I. The molecule has 30 heavy (non-hydrogen) atoms. The monoisotopic (exact) mass is 544 g/mol. The maximum absolute atomic E-state index is 6.18. The average molecular weight is 545 g/mol. The molecule has 1 fully saturated rings. The molecule has 0 radical (unpaired) electrons. The third-order valence-electron chi connectivity index (χ3n) is 4.70. The molecule has 2 heterocycles. The number of aryl methyl sites for hydroxylation is 1. The molecule has 2 aromatic rings.